The van der Waals surface area contributed by atoms with Crippen molar-refractivity contribution in [1.29, 1.82) is 0 Å². The number of hydrogen-bond acceptors (Lipinski definition) is 4. The highest BCUT2D eigenvalue weighted by molar-refractivity contribution is 8.00. The second-order valence-corrected chi connectivity index (χ2v) is 8.14. The van der Waals surface area contributed by atoms with Crippen LogP contribution in [0.3, 0.4) is 0 Å². The Balaban J connectivity index is 2.15. The Hall–Kier alpha value is 0.230. The Labute approximate surface area is 116 Å². The lowest BCUT2D eigenvalue weighted by molar-refractivity contribution is -0.103. The molecule has 0 bridgehead atoms. The van der Waals surface area contributed by atoms with Crippen molar-refractivity contribution in [3.05, 3.63) is 0 Å². The standard InChI is InChI=1S/C14H28N2OS/c1-10-5-14(9-15,6-11(2)17-10)16-7-12(3)18-13(4)8-16/h10-13H,5-9,15H2,1-4H3. The van der Waals surface area contributed by atoms with Gasteiger partial charge in [0.05, 0.1) is 12.2 Å². The molecule has 2 aliphatic rings. The molecule has 4 heteroatoms. The fourth-order valence-corrected chi connectivity index (χ4v) is 5.09. The molecule has 2 aliphatic heterocycles. The number of thioether (sulfide) groups is 1. The van der Waals surface area contributed by atoms with Gasteiger partial charge in [0.15, 0.2) is 0 Å². The Morgan fingerprint density at radius 1 is 1.11 bits per heavy atom. The molecule has 0 radical (unpaired) electrons. The van der Waals surface area contributed by atoms with Gasteiger partial charge in [0, 0.05) is 35.7 Å². The zero-order valence-electron chi connectivity index (χ0n) is 12.2. The van der Waals surface area contributed by atoms with Gasteiger partial charge in [-0.3, -0.25) is 4.90 Å². The molecule has 0 aromatic carbocycles. The lowest BCUT2D eigenvalue weighted by atomic mass is 9.82. The molecule has 0 aliphatic carbocycles. The van der Waals surface area contributed by atoms with E-state index in [9.17, 15) is 0 Å². The van der Waals surface area contributed by atoms with Gasteiger partial charge in [-0.05, 0) is 26.7 Å². The molecule has 2 saturated heterocycles. The predicted octanol–water partition coefficient (Wildman–Crippen LogP) is 2.10. The summed E-state index contributed by atoms with van der Waals surface area (Å²) < 4.78 is 5.90. The molecule has 4 unspecified atom stereocenters. The molecule has 2 heterocycles. The van der Waals surface area contributed by atoms with Crippen LogP contribution in [0, 0.1) is 0 Å². The zero-order valence-corrected chi connectivity index (χ0v) is 13.0. The topological polar surface area (TPSA) is 38.5 Å². The van der Waals surface area contributed by atoms with E-state index in [1.807, 2.05) is 0 Å². The largest absolute Gasteiger partial charge is 0.375 e. The molecule has 0 amide bonds. The Kier molecular flexibility index (Phi) is 4.63. The highest BCUT2D eigenvalue weighted by Gasteiger charge is 2.44. The quantitative estimate of drug-likeness (QED) is 0.835. The summed E-state index contributed by atoms with van der Waals surface area (Å²) >= 11 is 2.11. The molecule has 106 valence electrons. The summed E-state index contributed by atoms with van der Waals surface area (Å²) in [4.78, 5) is 2.66. The van der Waals surface area contributed by atoms with Crippen molar-refractivity contribution in [3.8, 4) is 0 Å². The molecule has 2 fully saturated rings. The zero-order chi connectivity index (χ0) is 13.3. The summed E-state index contributed by atoms with van der Waals surface area (Å²) in [6, 6.07) is 0. The van der Waals surface area contributed by atoms with Crippen LogP contribution in [0.4, 0.5) is 0 Å². The second-order valence-electron chi connectivity index (χ2n) is 6.26. The average molecular weight is 272 g/mol. The Morgan fingerprint density at radius 3 is 2.06 bits per heavy atom. The number of ether oxygens (including phenoxy) is 1. The van der Waals surface area contributed by atoms with E-state index < -0.39 is 0 Å². The van der Waals surface area contributed by atoms with Gasteiger partial charge in [0.2, 0.25) is 0 Å². The maximum atomic E-state index is 6.18. The first-order chi connectivity index (χ1) is 8.45. The molecule has 3 nitrogen and oxygen atoms in total. The maximum Gasteiger partial charge on any atom is 0.0568 e. The van der Waals surface area contributed by atoms with Crippen LogP contribution in [0.5, 0.6) is 0 Å². The summed E-state index contributed by atoms with van der Waals surface area (Å²) in [5.41, 5.74) is 6.35. The first-order valence-electron chi connectivity index (χ1n) is 7.21. The fourth-order valence-electron chi connectivity index (χ4n) is 3.77. The average Bonchev–Trinajstić information content (AvgIpc) is 2.26. The molecule has 0 aromatic rings. The van der Waals surface area contributed by atoms with Gasteiger partial charge < -0.3 is 10.5 Å². The van der Waals surface area contributed by atoms with Crippen molar-refractivity contribution in [1.82, 2.24) is 4.90 Å². The van der Waals surface area contributed by atoms with E-state index in [1.54, 1.807) is 0 Å². The summed E-state index contributed by atoms with van der Waals surface area (Å²) in [7, 11) is 0. The van der Waals surface area contributed by atoms with E-state index in [-0.39, 0.29) is 5.54 Å². The molecule has 2 N–H and O–H groups in total. The third-order valence-corrected chi connectivity index (χ3v) is 5.50. The monoisotopic (exact) mass is 272 g/mol. The number of nitrogens with zero attached hydrogens (tertiary/aromatic N) is 1. The third-order valence-electron chi connectivity index (χ3n) is 4.27. The van der Waals surface area contributed by atoms with Crippen LogP contribution in [0.2, 0.25) is 0 Å². The highest BCUT2D eigenvalue weighted by Crippen LogP contribution is 2.37. The molecule has 4 atom stereocenters. The van der Waals surface area contributed by atoms with E-state index in [4.69, 9.17) is 10.5 Å². The summed E-state index contributed by atoms with van der Waals surface area (Å²) in [5, 5.41) is 1.43. The van der Waals surface area contributed by atoms with E-state index in [1.165, 1.54) is 13.1 Å². The van der Waals surface area contributed by atoms with E-state index in [2.05, 4.69) is 44.4 Å². The van der Waals surface area contributed by atoms with Crippen LogP contribution in [-0.4, -0.2) is 52.8 Å². The first kappa shape index (κ1) is 14.6. The predicted molar refractivity (Wildman–Crippen MR) is 79.1 cm³/mol. The minimum Gasteiger partial charge on any atom is -0.375 e. The Bertz CT molecular complexity index is 267. The van der Waals surface area contributed by atoms with E-state index >= 15 is 0 Å². The van der Waals surface area contributed by atoms with E-state index in [0.29, 0.717) is 22.7 Å². The van der Waals surface area contributed by atoms with Crippen LogP contribution in [0.15, 0.2) is 0 Å². The maximum absolute atomic E-state index is 6.18. The van der Waals surface area contributed by atoms with E-state index in [0.717, 1.165) is 19.4 Å². The molecule has 0 saturated carbocycles. The molecule has 0 aromatic heterocycles. The van der Waals surface area contributed by atoms with Gasteiger partial charge in [-0.25, -0.2) is 0 Å². The van der Waals surface area contributed by atoms with Gasteiger partial charge in [-0.15, -0.1) is 0 Å². The van der Waals surface area contributed by atoms with Gasteiger partial charge in [-0.2, -0.15) is 11.8 Å². The smallest absolute Gasteiger partial charge is 0.0568 e. The van der Waals surface area contributed by atoms with Crippen LogP contribution < -0.4 is 5.73 Å². The van der Waals surface area contributed by atoms with Crippen LogP contribution in [0.1, 0.15) is 40.5 Å². The summed E-state index contributed by atoms with van der Waals surface area (Å²) in [5.74, 6) is 0. The van der Waals surface area contributed by atoms with Crippen molar-refractivity contribution < 1.29 is 4.74 Å². The highest BCUT2D eigenvalue weighted by atomic mass is 32.2. The van der Waals surface area contributed by atoms with Crippen molar-refractivity contribution in [2.45, 2.75) is 68.8 Å². The molecule has 18 heavy (non-hydrogen) atoms. The molecular formula is C14H28N2OS. The SMILES string of the molecule is CC1CC(CN)(N2CC(C)SC(C)C2)CC(C)O1. The molecule has 0 spiro atoms. The van der Waals surface area contributed by atoms with Gasteiger partial charge >= 0.3 is 0 Å². The van der Waals surface area contributed by atoms with Gasteiger partial charge in [0.25, 0.3) is 0 Å². The number of rotatable bonds is 2. The van der Waals surface area contributed by atoms with Crippen molar-refractivity contribution in [2.24, 2.45) is 5.73 Å². The lowest BCUT2D eigenvalue weighted by Crippen LogP contribution is -2.63. The van der Waals surface area contributed by atoms with Gasteiger partial charge in [-0.1, -0.05) is 13.8 Å². The van der Waals surface area contributed by atoms with Crippen LogP contribution >= 0.6 is 11.8 Å². The Morgan fingerprint density at radius 2 is 1.61 bits per heavy atom. The second kappa shape index (κ2) is 5.70. The third kappa shape index (κ3) is 3.03. The fraction of sp³-hybridized carbons (Fsp3) is 1.00. The first-order valence-corrected chi connectivity index (χ1v) is 8.15. The van der Waals surface area contributed by atoms with Crippen molar-refractivity contribution in [3.63, 3.8) is 0 Å². The minimum absolute atomic E-state index is 0.167. The molecular weight excluding hydrogens is 244 g/mol. The number of hydrogen-bond donors (Lipinski definition) is 1. The number of nitrogens with two attached hydrogens (primary N) is 1. The van der Waals surface area contributed by atoms with Crippen molar-refractivity contribution in [2.75, 3.05) is 19.6 Å². The van der Waals surface area contributed by atoms with Crippen LogP contribution in [0.25, 0.3) is 0 Å². The minimum atomic E-state index is 0.167. The molecule has 2 rings (SSSR count). The summed E-state index contributed by atoms with van der Waals surface area (Å²) in [6.45, 7) is 12.1. The normalized spacial score (nSPS) is 47.2. The summed E-state index contributed by atoms with van der Waals surface area (Å²) in [6.07, 6.45) is 2.82. The van der Waals surface area contributed by atoms with Gasteiger partial charge in [0.1, 0.15) is 0 Å². The lowest BCUT2D eigenvalue weighted by Gasteiger charge is -2.52. The van der Waals surface area contributed by atoms with Crippen LogP contribution in [-0.2, 0) is 4.74 Å². The van der Waals surface area contributed by atoms with Crippen molar-refractivity contribution >= 4 is 11.8 Å².